The van der Waals surface area contributed by atoms with Crippen LogP contribution >= 0.6 is 21.6 Å². The van der Waals surface area contributed by atoms with Crippen LogP contribution < -0.4 is 0 Å². The molecule has 0 spiro atoms. The van der Waals surface area contributed by atoms with E-state index in [1.807, 2.05) is 0 Å². The Morgan fingerprint density at radius 2 is 0.958 bits per heavy atom. The summed E-state index contributed by atoms with van der Waals surface area (Å²) in [5.74, 6) is 2.56. The molecule has 0 saturated carbocycles. The highest BCUT2D eigenvalue weighted by atomic mass is 33.1. The summed E-state index contributed by atoms with van der Waals surface area (Å²) in [6.07, 6.45) is 7.82. The largest absolute Gasteiger partial charge is 0.424 e. The Bertz CT molecular complexity index is 258. The van der Waals surface area contributed by atoms with Crippen LogP contribution in [-0.2, 0) is 8.85 Å². The lowest BCUT2D eigenvalue weighted by Crippen LogP contribution is -2.23. The van der Waals surface area contributed by atoms with Crippen molar-refractivity contribution in [1.82, 2.24) is 0 Å². The van der Waals surface area contributed by atoms with Crippen molar-refractivity contribution in [2.45, 2.75) is 90.1 Å². The molecule has 0 aromatic rings. The Morgan fingerprint density at radius 3 is 1.21 bits per heavy atom. The molecule has 0 N–H and O–H groups in total. The van der Waals surface area contributed by atoms with Crippen LogP contribution in [0.15, 0.2) is 0 Å². The lowest BCUT2D eigenvalue weighted by molar-refractivity contribution is 0.321. The van der Waals surface area contributed by atoms with Crippen LogP contribution in [0.2, 0.25) is 10.1 Å². The Morgan fingerprint density at radius 1 is 0.625 bits per heavy atom. The summed E-state index contributed by atoms with van der Waals surface area (Å²) in [6.45, 7) is 15.5. The van der Waals surface area contributed by atoms with Crippen LogP contribution in [0, 0.1) is 0 Å². The van der Waals surface area contributed by atoms with E-state index < -0.39 is 19.5 Å². The van der Waals surface area contributed by atoms with Crippen molar-refractivity contribution in [3.8, 4) is 0 Å². The second kappa shape index (κ2) is 15.1. The Balaban J connectivity index is 4.09. The van der Waals surface area contributed by atoms with E-state index in [4.69, 9.17) is 8.85 Å². The van der Waals surface area contributed by atoms with Crippen molar-refractivity contribution in [3.63, 3.8) is 0 Å². The molecule has 0 saturated heterocycles. The molecule has 2 nitrogen and oxygen atoms in total. The van der Waals surface area contributed by atoms with Crippen LogP contribution in [0.3, 0.4) is 0 Å². The quantitative estimate of drug-likeness (QED) is 0.183. The van der Waals surface area contributed by atoms with Gasteiger partial charge >= 0.3 is 0 Å². The predicted molar refractivity (Wildman–Crippen MR) is 121 cm³/mol. The molecule has 0 aliphatic rings. The first-order valence-electron chi connectivity index (χ1n) is 9.97. The van der Waals surface area contributed by atoms with Crippen LogP contribution in [0.1, 0.15) is 80.1 Å². The van der Waals surface area contributed by atoms with Gasteiger partial charge in [-0.25, -0.2) is 0 Å². The number of hydrogen-bond acceptors (Lipinski definition) is 4. The second-order valence-corrected chi connectivity index (χ2v) is 13.9. The molecule has 0 unspecified atom stereocenters. The van der Waals surface area contributed by atoms with Crippen LogP contribution in [0.4, 0.5) is 0 Å². The fourth-order valence-electron chi connectivity index (χ4n) is 3.03. The van der Waals surface area contributed by atoms with Crippen LogP contribution in [-0.4, -0.2) is 44.2 Å². The fourth-order valence-corrected chi connectivity index (χ4v) is 8.75. The van der Waals surface area contributed by atoms with E-state index in [9.17, 15) is 0 Å². The van der Waals surface area contributed by atoms with Crippen LogP contribution in [0.25, 0.3) is 0 Å². The molecule has 6 heteroatoms. The summed E-state index contributed by atoms with van der Waals surface area (Å²) in [7, 11) is 3.39. The maximum absolute atomic E-state index is 5.88. The topological polar surface area (TPSA) is 18.5 Å². The standard InChI is InChI=1S/C18H42O2S2Si2/c1-7-17(8-2,23-19-11-5)13-15-21-22-16-14-18(9-3,10-4)24-20-12-6/h7-16,23-24H2,1-6H3. The van der Waals surface area contributed by atoms with Crippen molar-refractivity contribution in [2.75, 3.05) is 24.7 Å². The minimum atomic E-state index is -0.394. The van der Waals surface area contributed by atoms with Crippen molar-refractivity contribution in [1.29, 1.82) is 0 Å². The zero-order valence-electron chi connectivity index (χ0n) is 17.1. The molecule has 146 valence electrons. The van der Waals surface area contributed by atoms with Gasteiger partial charge in [-0.1, -0.05) is 75.0 Å². The monoisotopic (exact) mass is 410 g/mol. The average molecular weight is 411 g/mol. The summed E-state index contributed by atoms with van der Waals surface area (Å²) >= 11 is 0. The second-order valence-electron chi connectivity index (χ2n) is 6.83. The number of rotatable bonds is 17. The van der Waals surface area contributed by atoms with Crippen molar-refractivity contribution < 1.29 is 8.85 Å². The molecular weight excluding hydrogens is 369 g/mol. The lowest BCUT2D eigenvalue weighted by atomic mass is 9.99. The van der Waals surface area contributed by atoms with E-state index in [-0.39, 0.29) is 0 Å². The van der Waals surface area contributed by atoms with Gasteiger partial charge in [-0.2, -0.15) is 0 Å². The minimum absolute atomic E-state index is 0.394. The van der Waals surface area contributed by atoms with Gasteiger partial charge < -0.3 is 8.85 Å². The first-order chi connectivity index (χ1) is 11.6. The molecule has 24 heavy (non-hydrogen) atoms. The van der Waals surface area contributed by atoms with E-state index >= 15 is 0 Å². The van der Waals surface area contributed by atoms with E-state index in [1.54, 1.807) is 0 Å². The van der Waals surface area contributed by atoms with Gasteiger partial charge in [0, 0.05) is 24.7 Å². The van der Waals surface area contributed by atoms with Crippen LogP contribution in [0.5, 0.6) is 0 Å². The Hall–Kier alpha value is 1.05. The normalized spacial score (nSPS) is 13.8. The van der Waals surface area contributed by atoms with E-state index in [0.29, 0.717) is 10.1 Å². The van der Waals surface area contributed by atoms with Gasteiger partial charge in [0.15, 0.2) is 19.5 Å². The zero-order valence-corrected chi connectivity index (χ0v) is 21.6. The molecule has 0 atom stereocenters. The molecule has 0 heterocycles. The Labute approximate surface area is 164 Å². The molecule has 0 aromatic heterocycles. The summed E-state index contributed by atoms with van der Waals surface area (Å²) in [4.78, 5) is 0. The zero-order chi connectivity index (χ0) is 18.3. The molecule has 0 rings (SSSR count). The summed E-state index contributed by atoms with van der Waals surface area (Å²) in [5, 5.41) is 1.06. The highest BCUT2D eigenvalue weighted by Crippen LogP contribution is 2.43. The molecule has 0 radical (unpaired) electrons. The molecule has 0 fully saturated rings. The Kier molecular flexibility index (Phi) is 15.8. The number of hydrogen-bond donors (Lipinski definition) is 0. The average Bonchev–Trinajstić information content (AvgIpc) is 2.63. The first kappa shape index (κ1) is 25.1. The van der Waals surface area contributed by atoms with Gasteiger partial charge in [-0.3, -0.25) is 0 Å². The van der Waals surface area contributed by atoms with Gasteiger partial charge in [0.1, 0.15) is 0 Å². The van der Waals surface area contributed by atoms with Gasteiger partial charge in [-0.15, -0.1) is 0 Å². The third kappa shape index (κ3) is 9.67. The molecule has 0 aliphatic carbocycles. The highest BCUT2D eigenvalue weighted by Gasteiger charge is 2.28. The maximum Gasteiger partial charge on any atom is 0.167 e. The van der Waals surface area contributed by atoms with Gasteiger partial charge in [0.2, 0.25) is 0 Å². The fraction of sp³-hybridized carbons (Fsp3) is 1.00. The smallest absolute Gasteiger partial charge is 0.167 e. The van der Waals surface area contributed by atoms with Gasteiger partial charge in [-0.05, 0) is 36.8 Å². The summed E-state index contributed by atoms with van der Waals surface area (Å²) < 4.78 is 11.8. The summed E-state index contributed by atoms with van der Waals surface area (Å²) in [5.41, 5.74) is 0. The van der Waals surface area contributed by atoms with Crippen molar-refractivity contribution in [2.24, 2.45) is 0 Å². The third-order valence-corrected chi connectivity index (χ3v) is 13.3. The molecule has 0 aromatic carbocycles. The molecule has 0 aliphatic heterocycles. The van der Waals surface area contributed by atoms with Gasteiger partial charge in [0.05, 0.1) is 0 Å². The molecular formula is C18H42O2S2Si2. The minimum Gasteiger partial charge on any atom is -0.424 e. The first-order valence-corrected chi connectivity index (χ1v) is 15.0. The maximum atomic E-state index is 5.88. The predicted octanol–water partition coefficient (Wildman–Crippen LogP) is 5.35. The van der Waals surface area contributed by atoms with E-state index in [2.05, 4.69) is 63.1 Å². The third-order valence-electron chi connectivity index (χ3n) is 5.74. The SMILES string of the molecule is CCO[SiH2]C(CC)(CC)CCSSCCC(CC)(CC)[SiH2]OCC. The van der Waals surface area contributed by atoms with E-state index in [1.165, 1.54) is 50.0 Å². The van der Waals surface area contributed by atoms with Gasteiger partial charge in [0.25, 0.3) is 0 Å². The summed E-state index contributed by atoms with van der Waals surface area (Å²) in [6, 6.07) is 0. The lowest BCUT2D eigenvalue weighted by Gasteiger charge is -2.31. The molecule has 0 bridgehead atoms. The highest BCUT2D eigenvalue weighted by molar-refractivity contribution is 8.76. The molecule has 0 amide bonds. The van der Waals surface area contributed by atoms with Crippen molar-refractivity contribution >= 4 is 41.1 Å². The van der Waals surface area contributed by atoms with E-state index in [0.717, 1.165) is 13.2 Å². The van der Waals surface area contributed by atoms with Crippen molar-refractivity contribution in [3.05, 3.63) is 0 Å².